The summed E-state index contributed by atoms with van der Waals surface area (Å²) >= 11 is 2.62. The smallest absolute Gasteiger partial charge is 0.234 e. The highest BCUT2D eigenvalue weighted by Gasteiger charge is 2.09. The number of anilines is 2. The van der Waals surface area contributed by atoms with Crippen molar-refractivity contribution in [3.05, 3.63) is 85.5 Å². The number of ether oxygens (including phenoxy) is 2. The standard InChI is InChI=1S/C28H26N8O4S2/c1-35-17-29-33-27(35)41-15-25(37)31-19-6-10-21(11-7-19)39-23-4-3-5-24(14-23)40-22-12-8-20(9-13-22)32-26(38)16-42-28-34-30-18-36(28)2/h3-14,17-18H,15-16H2,1-2H3,(H,31,37)(H,32,38). The molecule has 0 bridgehead atoms. The average molecular weight is 603 g/mol. The van der Waals surface area contributed by atoms with Crippen molar-refractivity contribution in [2.45, 2.75) is 10.3 Å². The third-order valence-electron chi connectivity index (χ3n) is 5.56. The van der Waals surface area contributed by atoms with E-state index in [9.17, 15) is 9.59 Å². The van der Waals surface area contributed by atoms with Crippen molar-refractivity contribution in [2.24, 2.45) is 14.1 Å². The van der Waals surface area contributed by atoms with Crippen LogP contribution in [0.4, 0.5) is 11.4 Å². The molecule has 42 heavy (non-hydrogen) atoms. The Morgan fingerprint density at radius 3 is 1.48 bits per heavy atom. The lowest BCUT2D eigenvalue weighted by Crippen LogP contribution is -2.14. The van der Waals surface area contributed by atoms with Crippen LogP contribution in [0.25, 0.3) is 0 Å². The maximum absolute atomic E-state index is 12.3. The number of aromatic nitrogens is 6. The molecule has 0 unspecified atom stereocenters. The number of thioether (sulfide) groups is 2. The van der Waals surface area contributed by atoms with Gasteiger partial charge in [-0.05, 0) is 60.7 Å². The minimum atomic E-state index is -0.144. The molecule has 2 aromatic heterocycles. The molecule has 0 aliphatic carbocycles. The molecular weight excluding hydrogens is 576 g/mol. The van der Waals surface area contributed by atoms with Crippen molar-refractivity contribution >= 4 is 46.7 Å². The van der Waals surface area contributed by atoms with Crippen LogP contribution in [0.1, 0.15) is 0 Å². The zero-order chi connectivity index (χ0) is 29.3. The molecule has 2 amide bonds. The van der Waals surface area contributed by atoms with Gasteiger partial charge in [-0.15, -0.1) is 20.4 Å². The Bertz CT molecular complexity index is 1540. The SMILES string of the molecule is Cn1cnnc1SCC(=O)Nc1ccc(Oc2cccc(Oc3ccc(NC(=O)CSc4nncn4C)cc3)c2)cc1. The van der Waals surface area contributed by atoms with Gasteiger partial charge in [-0.2, -0.15) is 0 Å². The first kappa shape index (κ1) is 28.7. The van der Waals surface area contributed by atoms with E-state index in [1.54, 1.807) is 76.4 Å². The quantitative estimate of drug-likeness (QED) is 0.188. The second kappa shape index (κ2) is 13.7. The van der Waals surface area contributed by atoms with Crippen LogP contribution in [0.5, 0.6) is 23.0 Å². The van der Waals surface area contributed by atoms with Gasteiger partial charge in [0, 0.05) is 31.5 Å². The maximum atomic E-state index is 12.3. The van der Waals surface area contributed by atoms with Crippen molar-refractivity contribution in [1.82, 2.24) is 29.5 Å². The van der Waals surface area contributed by atoms with E-state index in [4.69, 9.17) is 9.47 Å². The molecule has 0 atom stereocenters. The molecule has 0 saturated heterocycles. The molecule has 0 radical (unpaired) electrons. The van der Waals surface area contributed by atoms with Crippen LogP contribution in [0.15, 0.2) is 95.8 Å². The number of hydrogen-bond donors (Lipinski definition) is 2. The van der Waals surface area contributed by atoms with E-state index < -0.39 is 0 Å². The summed E-state index contributed by atoms with van der Waals surface area (Å²) in [5.74, 6) is 2.55. The molecule has 3 aromatic carbocycles. The van der Waals surface area contributed by atoms with E-state index in [-0.39, 0.29) is 23.3 Å². The zero-order valence-corrected chi connectivity index (χ0v) is 24.3. The number of hydrogen-bond acceptors (Lipinski definition) is 10. The molecule has 5 rings (SSSR count). The summed E-state index contributed by atoms with van der Waals surface area (Å²) in [5, 5.41) is 22.6. The number of aryl methyl sites for hydroxylation is 2. The van der Waals surface area contributed by atoms with Crippen LogP contribution in [0, 0.1) is 0 Å². The Kier molecular flexibility index (Phi) is 9.36. The predicted molar refractivity (Wildman–Crippen MR) is 160 cm³/mol. The minimum Gasteiger partial charge on any atom is -0.457 e. The molecular formula is C28H26N8O4S2. The Morgan fingerprint density at radius 2 is 1.10 bits per heavy atom. The van der Waals surface area contributed by atoms with E-state index in [0.29, 0.717) is 44.7 Å². The summed E-state index contributed by atoms with van der Waals surface area (Å²) in [6.07, 6.45) is 3.18. The van der Waals surface area contributed by atoms with Crippen LogP contribution in [-0.4, -0.2) is 52.8 Å². The molecule has 2 N–H and O–H groups in total. The Balaban J connectivity index is 1.09. The summed E-state index contributed by atoms with van der Waals surface area (Å²) in [6.45, 7) is 0. The summed E-state index contributed by atoms with van der Waals surface area (Å²) in [6, 6.07) is 21.4. The lowest BCUT2D eigenvalue weighted by Gasteiger charge is -2.11. The average Bonchev–Trinajstić information content (AvgIpc) is 3.60. The minimum absolute atomic E-state index is 0.144. The largest absolute Gasteiger partial charge is 0.457 e. The number of nitrogens with zero attached hydrogens (tertiary/aromatic N) is 6. The molecule has 12 nitrogen and oxygen atoms in total. The monoisotopic (exact) mass is 602 g/mol. The second-order valence-electron chi connectivity index (χ2n) is 8.85. The lowest BCUT2D eigenvalue weighted by atomic mass is 10.2. The number of nitrogens with one attached hydrogen (secondary N) is 2. The first-order valence-corrected chi connectivity index (χ1v) is 14.6. The number of amides is 2. The fraction of sp³-hybridized carbons (Fsp3) is 0.143. The molecule has 0 aliphatic rings. The molecule has 0 aliphatic heterocycles. The number of carbonyl (C=O) groups excluding carboxylic acids is 2. The van der Waals surface area contributed by atoms with Crippen molar-refractivity contribution < 1.29 is 19.1 Å². The maximum Gasteiger partial charge on any atom is 0.234 e. The third-order valence-corrected chi connectivity index (χ3v) is 7.63. The molecule has 214 valence electrons. The summed E-state index contributed by atoms with van der Waals surface area (Å²) in [4.78, 5) is 24.5. The highest BCUT2D eigenvalue weighted by molar-refractivity contribution is 8.00. The Hall–Kier alpha value is -4.82. The van der Waals surface area contributed by atoms with Crippen molar-refractivity contribution in [3.8, 4) is 23.0 Å². The van der Waals surface area contributed by atoms with Gasteiger partial charge in [0.05, 0.1) is 11.5 Å². The van der Waals surface area contributed by atoms with Gasteiger partial charge in [0.2, 0.25) is 11.8 Å². The van der Waals surface area contributed by atoms with E-state index >= 15 is 0 Å². The zero-order valence-electron chi connectivity index (χ0n) is 22.6. The van der Waals surface area contributed by atoms with Crippen LogP contribution in [-0.2, 0) is 23.7 Å². The number of rotatable bonds is 12. The second-order valence-corrected chi connectivity index (χ2v) is 10.7. The van der Waals surface area contributed by atoms with Gasteiger partial charge in [0.15, 0.2) is 10.3 Å². The summed E-state index contributed by atoms with van der Waals surface area (Å²) in [5.41, 5.74) is 1.32. The van der Waals surface area contributed by atoms with Crippen LogP contribution < -0.4 is 20.1 Å². The molecule has 0 saturated carbocycles. The van der Waals surface area contributed by atoms with Crippen LogP contribution >= 0.6 is 23.5 Å². The molecule has 14 heteroatoms. The van der Waals surface area contributed by atoms with E-state index in [1.807, 2.05) is 32.3 Å². The molecule has 2 heterocycles. The van der Waals surface area contributed by atoms with Crippen molar-refractivity contribution in [1.29, 1.82) is 0 Å². The number of carbonyl (C=O) groups is 2. The van der Waals surface area contributed by atoms with E-state index in [2.05, 4.69) is 31.0 Å². The topological polar surface area (TPSA) is 138 Å². The normalized spacial score (nSPS) is 10.7. The van der Waals surface area contributed by atoms with Crippen molar-refractivity contribution in [3.63, 3.8) is 0 Å². The van der Waals surface area contributed by atoms with Gasteiger partial charge in [0.25, 0.3) is 0 Å². The Labute approximate surface area is 249 Å². The first-order chi connectivity index (χ1) is 20.4. The van der Waals surface area contributed by atoms with Gasteiger partial charge in [0.1, 0.15) is 35.7 Å². The highest BCUT2D eigenvalue weighted by Crippen LogP contribution is 2.29. The molecule has 0 spiro atoms. The van der Waals surface area contributed by atoms with Crippen molar-refractivity contribution in [2.75, 3.05) is 22.1 Å². The fourth-order valence-corrected chi connectivity index (χ4v) is 4.92. The van der Waals surface area contributed by atoms with Gasteiger partial charge >= 0.3 is 0 Å². The van der Waals surface area contributed by atoms with Gasteiger partial charge in [-0.25, -0.2) is 0 Å². The molecule has 5 aromatic rings. The summed E-state index contributed by atoms with van der Waals surface area (Å²) in [7, 11) is 3.65. The van der Waals surface area contributed by atoms with Gasteiger partial charge < -0.3 is 29.2 Å². The lowest BCUT2D eigenvalue weighted by molar-refractivity contribution is -0.114. The van der Waals surface area contributed by atoms with E-state index in [1.165, 1.54) is 23.5 Å². The van der Waals surface area contributed by atoms with E-state index in [0.717, 1.165) is 0 Å². The highest BCUT2D eigenvalue weighted by atomic mass is 32.2. The first-order valence-electron chi connectivity index (χ1n) is 12.6. The van der Waals surface area contributed by atoms with Gasteiger partial charge in [-0.3, -0.25) is 9.59 Å². The number of benzene rings is 3. The predicted octanol–water partition coefficient (Wildman–Crippen LogP) is 4.99. The third kappa shape index (κ3) is 8.11. The Morgan fingerprint density at radius 1 is 0.667 bits per heavy atom. The van der Waals surface area contributed by atoms with Gasteiger partial charge in [-0.1, -0.05) is 29.6 Å². The van der Waals surface area contributed by atoms with Crippen LogP contribution in [0.3, 0.4) is 0 Å². The van der Waals surface area contributed by atoms with Crippen LogP contribution in [0.2, 0.25) is 0 Å². The molecule has 0 fully saturated rings. The fourth-order valence-electron chi connectivity index (χ4n) is 3.55. The summed E-state index contributed by atoms with van der Waals surface area (Å²) < 4.78 is 15.5.